The van der Waals surface area contributed by atoms with Crippen LogP contribution < -0.4 is 5.32 Å². The van der Waals surface area contributed by atoms with Crippen LogP contribution in [0.4, 0.5) is 0 Å². The van der Waals surface area contributed by atoms with Gasteiger partial charge in [-0.25, -0.2) is 0 Å². The molecule has 3 rings (SSSR count). The summed E-state index contributed by atoms with van der Waals surface area (Å²) < 4.78 is 5.79. The van der Waals surface area contributed by atoms with Gasteiger partial charge in [0.05, 0.1) is 6.10 Å². The second kappa shape index (κ2) is 6.28. The maximum atomic E-state index is 5.79. The number of likely N-dealkylation sites (N-methyl/N-ethyl adjacent to an activating group) is 1. The molecule has 0 aromatic heterocycles. The molecule has 2 fully saturated rings. The van der Waals surface area contributed by atoms with Crippen molar-refractivity contribution in [2.24, 2.45) is 0 Å². The Morgan fingerprint density at radius 2 is 2.05 bits per heavy atom. The zero-order valence-electron chi connectivity index (χ0n) is 12.6. The summed E-state index contributed by atoms with van der Waals surface area (Å²) in [7, 11) is 2.13. The first kappa shape index (κ1) is 14.1. The summed E-state index contributed by atoms with van der Waals surface area (Å²) in [5.74, 6) is 0. The highest BCUT2D eigenvalue weighted by Crippen LogP contribution is 2.47. The van der Waals surface area contributed by atoms with Gasteiger partial charge >= 0.3 is 0 Å². The van der Waals surface area contributed by atoms with E-state index in [1.54, 1.807) is 0 Å². The minimum absolute atomic E-state index is 0.370. The lowest BCUT2D eigenvalue weighted by atomic mass is 9.59. The van der Waals surface area contributed by atoms with E-state index in [0.29, 0.717) is 17.6 Å². The fourth-order valence-electron chi connectivity index (χ4n) is 4.09. The number of nitrogens with one attached hydrogen (secondary N) is 1. The van der Waals surface area contributed by atoms with Crippen molar-refractivity contribution in [1.82, 2.24) is 5.32 Å². The first-order chi connectivity index (χ1) is 9.85. The molecular weight excluding hydrogens is 246 g/mol. The lowest BCUT2D eigenvalue weighted by Crippen LogP contribution is -2.52. The van der Waals surface area contributed by atoms with Gasteiger partial charge in [0.25, 0.3) is 0 Å². The third kappa shape index (κ3) is 2.64. The van der Waals surface area contributed by atoms with E-state index in [-0.39, 0.29) is 0 Å². The highest BCUT2D eigenvalue weighted by Gasteiger charge is 2.44. The summed E-state index contributed by atoms with van der Waals surface area (Å²) in [6, 6.07) is 11.7. The van der Waals surface area contributed by atoms with Gasteiger partial charge in [-0.15, -0.1) is 0 Å². The summed E-state index contributed by atoms with van der Waals surface area (Å²) in [6.07, 6.45) is 9.48. The predicted molar refractivity (Wildman–Crippen MR) is 83.0 cm³/mol. The van der Waals surface area contributed by atoms with Crippen molar-refractivity contribution in [2.45, 2.75) is 62.5 Å². The Bertz CT molecular complexity index is 407. The second-order valence-electron chi connectivity index (χ2n) is 6.43. The summed E-state index contributed by atoms with van der Waals surface area (Å²) >= 11 is 0. The Morgan fingerprint density at radius 3 is 2.60 bits per heavy atom. The van der Waals surface area contributed by atoms with Gasteiger partial charge in [0.2, 0.25) is 0 Å². The first-order valence-corrected chi connectivity index (χ1v) is 8.19. The van der Waals surface area contributed by atoms with E-state index in [1.165, 1.54) is 50.5 Å². The summed E-state index contributed by atoms with van der Waals surface area (Å²) in [4.78, 5) is 0. The van der Waals surface area contributed by atoms with Gasteiger partial charge in [0.15, 0.2) is 0 Å². The standard InChI is InChI=1S/C18H27NO/c1-19-17(11-10-16-9-5-14-20-16)18(12-6-13-18)15-7-3-2-4-8-15/h2-4,7-8,16-17,19H,5-6,9-14H2,1H3. The molecule has 1 heterocycles. The molecule has 1 N–H and O–H groups in total. The Labute approximate surface area is 122 Å². The normalized spacial score (nSPS) is 26.1. The van der Waals surface area contributed by atoms with E-state index in [0.717, 1.165) is 6.61 Å². The van der Waals surface area contributed by atoms with Gasteiger partial charge in [-0.05, 0) is 51.1 Å². The third-order valence-electron chi connectivity index (χ3n) is 5.41. The van der Waals surface area contributed by atoms with Crippen molar-refractivity contribution < 1.29 is 4.74 Å². The molecule has 1 saturated heterocycles. The zero-order valence-corrected chi connectivity index (χ0v) is 12.6. The molecule has 2 nitrogen and oxygen atoms in total. The number of hydrogen-bond donors (Lipinski definition) is 1. The van der Waals surface area contributed by atoms with Crippen LogP contribution in [0.2, 0.25) is 0 Å². The molecule has 1 aliphatic carbocycles. The highest BCUT2D eigenvalue weighted by atomic mass is 16.5. The molecule has 20 heavy (non-hydrogen) atoms. The molecule has 2 heteroatoms. The minimum atomic E-state index is 0.370. The molecule has 1 aromatic rings. The molecule has 0 spiro atoms. The lowest BCUT2D eigenvalue weighted by Gasteiger charge is -2.48. The Kier molecular flexibility index (Phi) is 4.42. The summed E-state index contributed by atoms with van der Waals surface area (Å²) in [5, 5.41) is 3.61. The molecule has 0 radical (unpaired) electrons. The van der Waals surface area contributed by atoms with Crippen molar-refractivity contribution in [3.8, 4) is 0 Å². The van der Waals surface area contributed by atoms with Crippen molar-refractivity contribution in [3.05, 3.63) is 35.9 Å². The molecule has 1 saturated carbocycles. The van der Waals surface area contributed by atoms with Gasteiger partial charge < -0.3 is 10.1 Å². The first-order valence-electron chi connectivity index (χ1n) is 8.19. The van der Waals surface area contributed by atoms with Gasteiger partial charge in [-0.3, -0.25) is 0 Å². The maximum Gasteiger partial charge on any atom is 0.0576 e. The van der Waals surface area contributed by atoms with Crippen molar-refractivity contribution in [2.75, 3.05) is 13.7 Å². The van der Waals surface area contributed by atoms with Crippen LogP contribution in [-0.2, 0) is 10.2 Å². The van der Waals surface area contributed by atoms with Crippen LogP contribution >= 0.6 is 0 Å². The summed E-state index contributed by atoms with van der Waals surface area (Å²) in [5.41, 5.74) is 1.90. The monoisotopic (exact) mass is 273 g/mol. The molecule has 2 unspecified atom stereocenters. The Morgan fingerprint density at radius 1 is 1.25 bits per heavy atom. The molecule has 110 valence electrons. The van der Waals surface area contributed by atoms with Crippen LogP contribution in [0.3, 0.4) is 0 Å². The molecular formula is C18H27NO. The van der Waals surface area contributed by atoms with E-state index >= 15 is 0 Å². The van der Waals surface area contributed by atoms with Crippen LogP contribution in [0.25, 0.3) is 0 Å². The van der Waals surface area contributed by atoms with Gasteiger partial charge in [0, 0.05) is 18.1 Å². The highest BCUT2D eigenvalue weighted by molar-refractivity contribution is 5.30. The van der Waals surface area contributed by atoms with Crippen LogP contribution in [0, 0.1) is 0 Å². The van der Waals surface area contributed by atoms with Gasteiger partial charge in [-0.1, -0.05) is 36.8 Å². The van der Waals surface area contributed by atoms with Crippen molar-refractivity contribution in [1.29, 1.82) is 0 Å². The van der Waals surface area contributed by atoms with E-state index in [1.807, 2.05) is 0 Å². The number of hydrogen-bond acceptors (Lipinski definition) is 2. The van der Waals surface area contributed by atoms with Gasteiger partial charge in [0.1, 0.15) is 0 Å². The quantitative estimate of drug-likeness (QED) is 0.854. The van der Waals surface area contributed by atoms with Crippen LogP contribution in [0.5, 0.6) is 0 Å². The molecule has 1 aliphatic heterocycles. The number of benzene rings is 1. The van der Waals surface area contributed by atoms with Crippen LogP contribution in [0.15, 0.2) is 30.3 Å². The van der Waals surface area contributed by atoms with E-state index in [2.05, 4.69) is 42.7 Å². The Balaban J connectivity index is 1.69. The molecule has 1 aromatic carbocycles. The predicted octanol–water partition coefficient (Wildman–Crippen LogP) is 3.66. The largest absolute Gasteiger partial charge is 0.378 e. The molecule has 2 atom stereocenters. The molecule has 0 bridgehead atoms. The van der Waals surface area contributed by atoms with Crippen LogP contribution in [0.1, 0.15) is 50.5 Å². The maximum absolute atomic E-state index is 5.79. The number of rotatable bonds is 6. The smallest absolute Gasteiger partial charge is 0.0576 e. The van der Waals surface area contributed by atoms with Crippen molar-refractivity contribution in [3.63, 3.8) is 0 Å². The SMILES string of the molecule is CNC(CCC1CCCO1)C1(c2ccccc2)CCC1. The average molecular weight is 273 g/mol. The zero-order chi connectivity index (χ0) is 13.8. The Hall–Kier alpha value is -0.860. The summed E-state index contributed by atoms with van der Waals surface area (Å²) in [6.45, 7) is 0.971. The van der Waals surface area contributed by atoms with E-state index in [4.69, 9.17) is 4.74 Å². The molecule has 0 amide bonds. The molecule has 2 aliphatic rings. The van der Waals surface area contributed by atoms with Crippen molar-refractivity contribution >= 4 is 0 Å². The van der Waals surface area contributed by atoms with Crippen LogP contribution in [-0.4, -0.2) is 25.8 Å². The number of ether oxygens (including phenoxy) is 1. The third-order valence-corrected chi connectivity index (χ3v) is 5.41. The van der Waals surface area contributed by atoms with E-state index in [9.17, 15) is 0 Å². The van der Waals surface area contributed by atoms with E-state index < -0.39 is 0 Å². The van der Waals surface area contributed by atoms with Gasteiger partial charge in [-0.2, -0.15) is 0 Å². The fourth-order valence-corrected chi connectivity index (χ4v) is 4.09. The average Bonchev–Trinajstić information content (AvgIpc) is 2.95. The second-order valence-corrected chi connectivity index (χ2v) is 6.43. The fraction of sp³-hybridized carbons (Fsp3) is 0.667. The lowest BCUT2D eigenvalue weighted by molar-refractivity contribution is 0.0885. The topological polar surface area (TPSA) is 21.3 Å². The minimum Gasteiger partial charge on any atom is -0.378 e.